The zero-order chi connectivity index (χ0) is 14.5. The Balaban J connectivity index is 1.71. The molecule has 1 aromatic rings. The third-order valence-electron chi connectivity index (χ3n) is 5.15. The molecule has 1 unspecified atom stereocenters. The van der Waals surface area contributed by atoms with Crippen molar-refractivity contribution in [1.29, 1.82) is 0 Å². The Hall–Kier alpha value is -0.860. The van der Waals surface area contributed by atoms with Gasteiger partial charge in [-0.25, -0.2) is 4.68 Å². The zero-order valence-corrected chi connectivity index (χ0v) is 13.7. The molecule has 3 rings (SSSR count). The number of fused-ring (bicyclic) bond motifs is 2. The molecule has 0 amide bonds. The first kappa shape index (κ1) is 14.1. The minimum atomic E-state index is 0.436. The van der Waals surface area contributed by atoms with Crippen molar-refractivity contribution in [3.8, 4) is 0 Å². The summed E-state index contributed by atoms with van der Waals surface area (Å²) in [6, 6.07) is 0.436. The third-order valence-corrected chi connectivity index (χ3v) is 5.15. The van der Waals surface area contributed by atoms with Gasteiger partial charge in [0.15, 0.2) is 0 Å². The first-order valence-electron chi connectivity index (χ1n) is 8.30. The molecule has 0 saturated heterocycles. The van der Waals surface area contributed by atoms with Crippen LogP contribution in [0.1, 0.15) is 71.3 Å². The van der Waals surface area contributed by atoms with Crippen LogP contribution in [0, 0.1) is 23.2 Å². The lowest BCUT2D eigenvalue weighted by Crippen LogP contribution is -2.10. The van der Waals surface area contributed by atoms with Crippen molar-refractivity contribution in [3.05, 3.63) is 11.4 Å². The van der Waals surface area contributed by atoms with Gasteiger partial charge in [-0.2, -0.15) is 0 Å². The molecule has 0 N–H and O–H groups in total. The molecule has 0 aliphatic heterocycles. The quantitative estimate of drug-likeness (QED) is 0.815. The van der Waals surface area contributed by atoms with Crippen molar-refractivity contribution in [1.82, 2.24) is 15.0 Å². The highest BCUT2D eigenvalue weighted by Crippen LogP contribution is 2.57. The zero-order valence-electron chi connectivity index (χ0n) is 13.7. The standard InChI is InChI=1S/C17H29N3/c1-11(2)20-16-9-7-13-12(6-8-15(16)18-19-20)14(13)10-17(3,4)5/h11-14H,6-10H2,1-5H3/t12-,13+,14?/m1/s1. The van der Waals surface area contributed by atoms with Crippen LogP contribution in [0.2, 0.25) is 0 Å². The maximum Gasteiger partial charge on any atom is 0.0859 e. The van der Waals surface area contributed by atoms with Crippen molar-refractivity contribution in [2.24, 2.45) is 23.2 Å². The molecule has 0 aromatic carbocycles. The van der Waals surface area contributed by atoms with Gasteiger partial charge in [-0.15, -0.1) is 5.10 Å². The minimum absolute atomic E-state index is 0.436. The number of hydrogen-bond acceptors (Lipinski definition) is 2. The Bertz CT molecular complexity index is 481. The lowest BCUT2D eigenvalue weighted by atomic mass is 9.88. The second-order valence-electron chi connectivity index (χ2n) is 8.35. The second kappa shape index (κ2) is 4.85. The average molecular weight is 275 g/mol. The Morgan fingerprint density at radius 1 is 1.15 bits per heavy atom. The van der Waals surface area contributed by atoms with Gasteiger partial charge in [0, 0.05) is 6.04 Å². The average Bonchev–Trinajstić information content (AvgIpc) is 2.76. The molecule has 3 heteroatoms. The molecular weight excluding hydrogens is 246 g/mol. The molecule has 2 aliphatic rings. The normalized spacial score (nSPS) is 29.6. The van der Waals surface area contributed by atoms with E-state index >= 15 is 0 Å². The van der Waals surface area contributed by atoms with Crippen LogP contribution in [-0.4, -0.2) is 15.0 Å². The van der Waals surface area contributed by atoms with Gasteiger partial charge < -0.3 is 0 Å². The molecular formula is C17H29N3. The second-order valence-corrected chi connectivity index (χ2v) is 8.35. The molecule has 3 nitrogen and oxygen atoms in total. The number of hydrogen-bond donors (Lipinski definition) is 0. The smallest absolute Gasteiger partial charge is 0.0859 e. The molecule has 3 atom stereocenters. The van der Waals surface area contributed by atoms with Gasteiger partial charge in [-0.1, -0.05) is 26.0 Å². The van der Waals surface area contributed by atoms with Gasteiger partial charge in [0.2, 0.25) is 0 Å². The monoisotopic (exact) mass is 275 g/mol. The van der Waals surface area contributed by atoms with E-state index in [4.69, 9.17) is 0 Å². The third kappa shape index (κ3) is 2.64. The van der Waals surface area contributed by atoms with E-state index in [-0.39, 0.29) is 0 Å². The largest absolute Gasteiger partial charge is 0.247 e. The summed E-state index contributed by atoms with van der Waals surface area (Å²) in [5.74, 6) is 2.91. The molecule has 1 saturated carbocycles. The minimum Gasteiger partial charge on any atom is -0.247 e. The number of aromatic nitrogens is 3. The lowest BCUT2D eigenvalue weighted by molar-refractivity contribution is 0.335. The van der Waals surface area contributed by atoms with Crippen molar-refractivity contribution in [2.75, 3.05) is 0 Å². The van der Waals surface area contributed by atoms with E-state index in [2.05, 4.69) is 49.6 Å². The maximum atomic E-state index is 4.45. The van der Waals surface area contributed by atoms with E-state index < -0.39 is 0 Å². The van der Waals surface area contributed by atoms with Gasteiger partial charge in [0.05, 0.1) is 11.4 Å². The maximum absolute atomic E-state index is 4.45. The Kier molecular flexibility index (Phi) is 3.42. The predicted octanol–water partition coefficient (Wildman–Crippen LogP) is 4.04. The summed E-state index contributed by atoms with van der Waals surface area (Å²) in [7, 11) is 0. The molecule has 1 fully saturated rings. The van der Waals surface area contributed by atoms with Gasteiger partial charge in [-0.3, -0.25) is 0 Å². The predicted molar refractivity (Wildman–Crippen MR) is 81.6 cm³/mol. The van der Waals surface area contributed by atoms with Crippen molar-refractivity contribution in [3.63, 3.8) is 0 Å². The van der Waals surface area contributed by atoms with E-state index in [0.29, 0.717) is 11.5 Å². The molecule has 0 radical (unpaired) electrons. The van der Waals surface area contributed by atoms with Gasteiger partial charge in [0.1, 0.15) is 0 Å². The fraction of sp³-hybridized carbons (Fsp3) is 0.882. The number of nitrogens with zero attached hydrogens (tertiary/aromatic N) is 3. The summed E-state index contributed by atoms with van der Waals surface area (Å²) in [6.07, 6.45) is 6.39. The SMILES string of the molecule is CC(C)n1nnc2c1CC[C@@H]1C(CC(C)(C)C)[C@@H]1CC2. The highest BCUT2D eigenvalue weighted by molar-refractivity contribution is 5.15. The van der Waals surface area contributed by atoms with E-state index in [1.807, 2.05) is 0 Å². The van der Waals surface area contributed by atoms with E-state index in [9.17, 15) is 0 Å². The first-order chi connectivity index (χ1) is 9.37. The highest BCUT2D eigenvalue weighted by Gasteiger charge is 2.50. The van der Waals surface area contributed by atoms with Crippen LogP contribution in [0.25, 0.3) is 0 Å². The molecule has 0 bridgehead atoms. The fourth-order valence-electron chi connectivity index (χ4n) is 4.21. The summed E-state index contributed by atoms with van der Waals surface area (Å²) >= 11 is 0. The van der Waals surface area contributed by atoms with Crippen molar-refractivity contribution < 1.29 is 0 Å². The molecule has 112 valence electrons. The Labute approximate surface area is 123 Å². The van der Waals surface area contributed by atoms with Crippen LogP contribution in [0.3, 0.4) is 0 Å². The first-order valence-corrected chi connectivity index (χ1v) is 8.30. The van der Waals surface area contributed by atoms with Crippen LogP contribution in [0.4, 0.5) is 0 Å². The van der Waals surface area contributed by atoms with Crippen LogP contribution < -0.4 is 0 Å². The summed E-state index contributed by atoms with van der Waals surface area (Å²) < 4.78 is 2.15. The summed E-state index contributed by atoms with van der Waals surface area (Å²) in [5, 5.41) is 8.81. The molecule has 20 heavy (non-hydrogen) atoms. The molecule has 1 aromatic heterocycles. The Morgan fingerprint density at radius 3 is 2.40 bits per heavy atom. The number of aryl methyl sites for hydroxylation is 1. The molecule has 2 aliphatic carbocycles. The van der Waals surface area contributed by atoms with Gasteiger partial charge in [-0.05, 0) is 69.1 Å². The van der Waals surface area contributed by atoms with Crippen molar-refractivity contribution >= 4 is 0 Å². The molecule has 1 heterocycles. The Morgan fingerprint density at radius 2 is 1.80 bits per heavy atom. The fourth-order valence-corrected chi connectivity index (χ4v) is 4.21. The molecule has 0 spiro atoms. The highest BCUT2D eigenvalue weighted by atomic mass is 15.4. The van der Waals surface area contributed by atoms with E-state index in [0.717, 1.165) is 24.2 Å². The lowest BCUT2D eigenvalue weighted by Gasteiger charge is -2.18. The van der Waals surface area contributed by atoms with E-state index in [1.54, 1.807) is 0 Å². The van der Waals surface area contributed by atoms with Crippen LogP contribution >= 0.6 is 0 Å². The summed E-state index contributed by atoms with van der Waals surface area (Å²) in [5.41, 5.74) is 3.17. The van der Waals surface area contributed by atoms with Crippen LogP contribution in [-0.2, 0) is 12.8 Å². The van der Waals surface area contributed by atoms with Crippen LogP contribution in [0.5, 0.6) is 0 Å². The number of rotatable bonds is 2. The summed E-state index contributed by atoms with van der Waals surface area (Å²) in [6.45, 7) is 11.6. The summed E-state index contributed by atoms with van der Waals surface area (Å²) in [4.78, 5) is 0. The van der Waals surface area contributed by atoms with Crippen molar-refractivity contribution in [2.45, 2.75) is 72.8 Å². The van der Waals surface area contributed by atoms with E-state index in [1.165, 1.54) is 37.1 Å². The topological polar surface area (TPSA) is 30.7 Å². The van der Waals surface area contributed by atoms with Gasteiger partial charge in [0.25, 0.3) is 0 Å². The van der Waals surface area contributed by atoms with Crippen LogP contribution in [0.15, 0.2) is 0 Å². The van der Waals surface area contributed by atoms with Gasteiger partial charge >= 0.3 is 0 Å².